The van der Waals surface area contributed by atoms with Crippen LogP contribution >= 0.6 is 0 Å². The molecule has 0 aromatic heterocycles. The SMILES string of the molecule is CCOC(=O)C(C)=C=C(C)[C@@H](O)c1ccc2cc(OC)ccc2c1. The number of fused-ring (bicyclic) bond motifs is 1. The number of methoxy groups -OCH3 is 1. The van der Waals surface area contributed by atoms with E-state index in [0.29, 0.717) is 17.8 Å². The molecule has 2 rings (SSSR count). The van der Waals surface area contributed by atoms with Gasteiger partial charge in [0.05, 0.1) is 19.3 Å². The van der Waals surface area contributed by atoms with Crippen LogP contribution in [0.2, 0.25) is 0 Å². The Balaban J connectivity index is 2.35. The highest BCUT2D eigenvalue weighted by Crippen LogP contribution is 2.27. The molecule has 0 bridgehead atoms. The average Bonchev–Trinajstić information content (AvgIpc) is 2.60. The fourth-order valence-corrected chi connectivity index (χ4v) is 2.44. The summed E-state index contributed by atoms with van der Waals surface area (Å²) in [7, 11) is 1.63. The van der Waals surface area contributed by atoms with Gasteiger partial charge in [0, 0.05) is 5.57 Å². The molecule has 2 aromatic carbocycles. The summed E-state index contributed by atoms with van der Waals surface area (Å²) in [6.07, 6.45) is -0.833. The second kappa shape index (κ2) is 7.82. The lowest BCUT2D eigenvalue weighted by molar-refractivity contribution is -0.138. The molecule has 4 nitrogen and oxygen atoms in total. The minimum absolute atomic E-state index is 0.313. The average molecular weight is 326 g/mol. The van der Waals surface area contributed by atoms with Crippen LogP contribution in [0.15, 0.2) is 53.3 Å². The van der Waals surface area contributed by atoms with Gasteiger partial charge in [0.25, 0.3) is 0 Å². The first-order chi connectivity index (χ1) is 11.5. The first-order valence-electron chi connectivity index (χ1n) is 7.83. The summed E-state index contributed by atoms with van der Waals surface area (Å²) in [5.74, 6) is 0.370. The summed E-state index contributed by atoms with van der Waals surface area (Å²) in [5.41, 5.74) is 4.57. The summed E-state index contributed by atoms with van der Waals surface area (Å²) in [5, 5.41) is 12.6. The van der Waals surface area contributed by atoms with Gasteiger partial charge in [-0.25, -0.2) is 4.79 Å². The number of aliphatic hydroxyl groups is 1. The number of esters is 1. The quantitative estimate of drug-likeness (QED) is 0.514. The Labute approximate surface area is 142 Å². The third kappa shape index (κ3) is 4.05. The fraction of sp³-hybridized carbons (Fsp3) is 0.300. The van der Waals surface area contributed by atoms with E-state index in [4.69, 9.17) is 9.47 Å². The van der Waals surface area contributed by atoms with Crippen LogP contribution in [0.3, 0.4) is 0 Å². The lowest BCUT2D eigenvalue weighted by Gasteiger charge is -2.12. The molecule has 0 spiro atoms. The molecule has 0 amide bonds. The Morgan fingerprint density at radius 1 is 1.17 bits per heavy atom. The van der Waals surface area contributed by atoms with Crippen molar-refractivity contribution in [3.8, 4) is 5.75 Å². The smallest absolute Gasteiger partial charge is 0.341 e. The van der Waals surface area contributed by atoms with E-state index in [1.165, 1.54) is 0 Å². The highest BCUT2D eigenvalue weighted by atomic mass is 16.5. The number of hydrogen-bond donors (Lipinski definition) is 1. The Morgan fingerprint density at radius 3 is 2.50 bits per heavy atom. The van der Waals surface area contributed by atoms with Gasteiger partial charge in [-0.15, -0.1) is 5.73 Å². The second-order valence-electron chi connectivity index (χ2n) is 5.53. The van der Waals surface area contributed by atoms with Gasteiger partial charge >= 0.3 is 5.97 Å². The van der Waals surface area contributed by atoms with Gasteiger partial charge in [0.15, 0.2) is 0 Å². The number of rotatable bonds is 5. The summed E-state index contributed by atoms with van der Waals surface area (Å²) < 4.78 is 10.1. The van der Waals surface area contributed by atoms with Crippen LogP contribution in [-0.4, -0.2) is 24.8 Å². The van der Waals surface area contributed by atoms with Crippen LogP contribution in [0.5, 0.6) is 5.75 Å². The number of aliphatic hydroxyl groups excluding tert-OH is 1. The van der Waals surface area contributed by atoms with E-state index in [-0.39, 0.29) is 0 Å². The van der Waals surface area contributed by atoms with Crippen LogP contribution in [-0.2, 0) is 9.53 Å². The predicted molar refractivity (Wildman–Crippen MR) is 94.0 cm³/mol. The zero-order chi connectivity index (χ0) is 17.7. The van der Waals surface area contributed by atoms with Crippen molar-refractivity contribution in [1.29, 1.82) is 0 Å². The van der Waals surface area contributed by atoms with Gasteiger partial charge in [-0.2, -0.15) is 0 Å². The minimum atomic E-state index is -0.833. The van der Waals surface area contributed by atoms with Crippen LogP contribution < -0.4 is 4.74 Å². The van der Waals surface area contributed by atoms with Gasteiger partial charge in [0.2, 0.25) is 0 Å². The van der Waals surface area contributed by atoms with Crippen molar-refractivity contribution in [1.82, 2.24) is 0 Å². The number of carbonyl (C=O) groups is 1. The number of benzene rings is 2. The van der Waals surface area contributed by atoms with Gasteiger partial charge in [-0.1, -0.05) is 18.2 Å². The molecule has 0 radical (unpaired) electrons. The van der Waals surface area contributed by atoms with Crippen LogP contribution in [0, 0.1) is 0 Å². The summed E-state index contributed by atoms with van der Waals surface area (Å²) >= 11 is 0. The largest absolute Gasteiger partial charge is 0.497 e. The van der Waals surface area contributed by atoms with Gasteiger partial charge < -0.3 is 14.6 Å². The van der Waals surface area contributed by atoms with Crippen molar-refractivity contribution < 1.29 is 19.4 Å². The Hall–Kier alpha value is -2.55. The Bertz CT molecular complexity index is 813. The third-order valence-corrected chi connectivity index (χ3v) is 3.76. The molecule has 4 heteroatoms. The molecule has 126 valence electrons. The van der Waals surface area contributed by atoms with E-state index < -0.39 is 12.1 Å². The first kappa shape index (κ1) is 17.8. The third-order valence-electron chi connectivity index (χ3n) is 3.76. The summed E-state index contributed by atoms with van der Waals surface area (Å²) in [6.45, 7) is 5.43. The molecular weight excluding hydrogens is 304 g/mol. The van der Waals surface area contributed by atoms with Crippen molar-refractivity contribution >= 4 is 16.7 Å². The maximum atomic E-state index is 11.6. The maximum Gasteiger partial charge on any atom is 0.341 e. The van der Waals surface area contributed by atoms with Crippen LogP contribution in [0.1, 0.15) is 32.4 Å². The molecule has 0 aliphatic heterocycles. The molecule has 1 N–H and O–H groups in total. The normalized spacial score (nSPS) is 11.5. The highest BCUT2D eigenvalue weighted by molar-refractivity contribution is 5.87. The molecule has 0 aliphatic rings. The second-order valence-corrected chi connectivity index (χ2v) is 5.53. The van der Waals surface area contributed by atoms with Crippen LogP contribution in [0.25, 0.3) is 10.8 Å². The molecular formula is C20H22O4. The van der Waals surface area contributed by atoms with Crippen molar-refractivity contribution in [3.63, 3.8) is 0 Å². The molecule has 0 saturated heterocycles. The maximum absolute atomic E-state index is 11.6. The number of carbonyl (C=O) groups excluding carboxylic acids is 1. The standard InChI is InChI=1S/C20H22O4/c1-5-24-20(22)14(3)10-13(2)19(21)17-7-6-16-12-18(23-4)9-8-15(16)11-17/h6-9,11-12,19,21H,5H2,1-4H3/t10?,19-/m1/s1. The molecule has 0 saturated carbocycles. The van der Waals surface area contributed by atoms with Crippen molar-refractivity contribution in [2.75, 3.05) is 13.7 Å². The number of ether oxygens (including phenoxy) is 2. The molecule has 2 aromatic rings. The highest BCUT2D eigenvalue weighted by Gasteiger charge is 2.12. The zero-order valence-electron chi connectivity index (χ0n) is 14.4. The zero-order valence-corrected chi connectivity index (χ0v) is 14.4. The van der Waals surface area contributed by atoms with E-state index in [1.807, 2.05) is 36.4 Å². The van der Waals surface area contributed by atoms with Gasteiger partial charge in [-0.05, 0) is 55.3 Å². The monoisotopic (exact) mass is 326 g/mol. The lowest BCUT2D eigenvalue weighted by atomic mass is 9.99. The molecule has 0 fully saturated rings. The van der Waals surface area contributed by atoms with E-state index in [2.05, 4.69) is 5.73 Å². The Morgan fingerprint density at radius 2 is 1.83 bits per heavy atom. The van der Waals surface area contributed by atoms with Crippen molar-refractivity contribution in [2.45, 2.75) is 26.9 Å². The van der Waals surface area contributed by atoms with Crippen molar-refractivity contribution in [2.24, 2.45) is 0 Å². The number of hydrogen-bond acceptors (Lipinski definition) is 4. The topological polar surface area (TPSA) is 55.8 Å². The minimum Gasteiger partial charge on any atom is -0.497 e. The van der Waals surface area contributed by atoms with E-state index in [0.717, 1.165) is 22.1 Å². The van der Waals surface area contributed by atoms with E-state index in [1.54, 1.807) is 27.9 Å². The molecule has 0 unspecified atom stereocenters. The lowest BCUT2D eigenvalue weighted by Crippen LogP contribution is -2.05. The fourth-order valence-electron chi connectivity index (χ4n) is 2.44. The van der Waals surface area contributed by atoms with E-state index in [9.17, 15) is 9.90 Å². The van der Waals surface area contributed by atoms with Gasteiger partial charge in [-0.3, -0.25) is 0 Å². The van der Waals surface area contributed by atoms with Crippen LogP contribution in [0.4, 0.5) is 0 Å². The molecule has 1 atom stereocenters. The Kier molecular flexibility index (Phi) is 5.80. The predicted octanol–water partition coefficient (Wildman–Crippen LogP) is 3.94. The summed E-state index contributed by atoms with van der Waals surface area (Å²) in [6, 6.07) is 11.5. The molecule has 0 aliphatic carbocycles. The van der Waals surface area contributed by atoms with Gasteiger partial charge in [0.1, 0.15) is 11.9 Å². The first-order valence-corrected chi connectivity index (χ1v) is 7.83. The molecule has 24 heavy (non-hydrogen) atoms. The van der Waals surface area contributed by atoms with Crippen molar-refractivity contribution in [3.05, 3.63) is 58.8 Å². The molecule has 0 heterocycles. The van der Waals surface area contributed by atoms with E-state index >= 15 is 0 Å². The summed E-state index contributed by atoms with van der Waals surface area (Å²) in [4.78, 5) is 11.6.